The summed E-state index contributed by atoms with van der Waals surface area (Å²) in [5.41, 5.74) is 0.847. The fourth-order valence-electron chi connectivity index (χ4n) is 1.73. The molecule has 0 fully saturated rings. The van der Waals surface area contributed by atoms with E-state index in [2.05, 4.69) is 31.2 Å². The van der Waals surface area contributed by atoms with E-state index in [-0.39, 0.29) is 0 Å². The van der Waals surface area contributed by atoms with Gasteiger partial charge in [-0.25, -0.2) is 5.10 Å². The minimum atomic E-state index is 0.428. The van der Waals surface area contributed by atoms with Crippen LogP contribution in [0.4, 0.5) is 0 Å². The van der Waals surface area contributed by atoms with E-state index in [1.165, 1.54) is 0 Å². The summed E-state index contributed by atoms with van der Waals surface area (Å²) in [4.78, 5) is 1.02. The van der Waals surface area contributed by atoms with Crippen LogP contribution in [-0.4, -0.2) is 21.1 Å². The summed E-state index contributed by atoms with van der Waals surface area (Å²) in [7, 11) is 0. The van der Waals surface area contributed by atoms with Gasteiger partial charge >= 0.3 is 0 Å². The molecule has 2 aromatic heterocycles. The minimum Gasteiger partial charge on any atom is -0.250 e. The van der Waals surface area contributed by atoms with Gasteiger partial charge in [0.1, 0.15) is 0 Å². The second kappa shape index (κ2) is 6.23. The number of H-pyrrole nitrogens is 1. The van der Waals surface area contributed by atoms with Gasteiger partial charge in [0.05, 0.1) is 10.0 Å². The highest BCUT2D eigenvalue weighted by Crippen LogP contribution is 2.22. The van der Waals surface area contributed by atoms with Crippen molar-refractivity contribution in [2.75, 3.05) is 0 Å². The van der Waals surface area contributed by atoms with E-state index in [1.54, 1.807) is 22.2 Å². The van der Waals surface area contributed by atoms with Crippen molar-refractivity contribution in [2.45, 2.75) is 0 Å². The van der Waals surface area contributed by atoms with Crippen molar-refractivity contribution in [1.29, 1.82) is 0 Å². The molecule has 0 saturated heterocycles. The highest BCUT2D eigenvalue weighted by molar-refractivity contribution is 9.11. The average molecular weight is 400 g/mol. The standard InChI is InChI=1S/C13H8BrClN4S2/c14-11-5-4-10(21-11)7-16-19-12(17-18-13(19)20)8-2-1-3-9(15)6-8/h1-7H,(H,18,20)/b16-7+. The van der Waals surface area contributed by atoms with Crippen LogP contribution in [0.5, 0.6) is 0 Å². The zero-order valence-corrected chi connectivity index (χ0v) is 14.4. The summed E-state index contributed by atoms with van der Waals surface area (Å²) >= 11 is 16.2. The zero-order chi connectivity index (χ0) is 14.8. The maximum Gasteiger partial charge on any atom is 0.216 e. The first-order valence-corrected chi connectivity index (χ1v) is 8.26. The Hall–Kier alpha value is -1.28. The normalized spacial score (nSPS) is 11.3. The molecule has 0 saturated carbocycles. The van der Waals surface area contributed by atoms with Gasteiger partial charge in [-0.1, -0.05) is 23.7 Å². The van der Waals surface area contributed by atoms with Crippen LogP contribution < -0.4 is 0 Å². The zero-order valence-electron chi connectivity index (χ0n) is 10.5. The van der Waals surface area contributed by atoms with E-state index in [0.717, 1.165) is 14.2 Å². The molecule has 106 valence electrons. The predicted octanol–water partition coefficient (Wildman–Crippen LogP) is 4.97. The Morgan fingerprint density at radius 1 is 1.38 bits per heavy atom. The monoisotopic (exact) mass is 398 g/mol. The van der Waals surface area contributed by atoms with E-state index in [4.69, 9.17) is 23.8 Å². The van der Waals surface area contributed by atoms with Gasteiger partial charge in [0.2, 0.25) is 4.77 Å². The second-order valence-electron chi connectivity index (χ2n) is 4.06. The Bertz CT molecular complexity index is 865. The molecule has 4 nitrogen and oxygen atoms in total. The number of rotatable bonds is 3. The molecular weight excluding hydrogens is 392 g/mol. The molecule has 21 heavy (non-hydrogen) atoms. The van der Waals surface area contributed by atoms with Crippen LogP contribution in [0.25, 0.3) is 11.4 Å². The van der Waals surface area contributed by atoms with E-state index in [9.17, 15) is 0 Å². The van der Waals surface area contributed by atoms with Crippen LogP contribution in [0.15, 0.2) is 45.3 Å². The molecule has 3 aromatic rings. The van der Waals surface area contributed by atoms with Gasteiger partial charge < -0.3 is 0 Å². The quantitative estimate of drug-likeness (QED) is 0.499. The average Bonchev–Trinajstić information content (AvgIpc) is 3.03. The predicted molar refractivity (Wildman–Crippen MR) is 92.9 cm³/mol. The van der Waals surface area contributed by atoms with Gasteiger partial charge in [-0.05, 0) is 52.4 Å². The van der Waals surface area contributed by atoms with E-state index in [0.29, 0.717) is 15.6 Å². The molecule has 0 aliphatic heterocycles. The first kappa shape index (κ1) is 14.6. The van der Waals surface area contributed by atoms with Gasteiger partial charge in [-0.2, -0.15) is 14.9 Å². The molecule has 8 heteroatoms. The van der Waals surface area contributed by atoms with Crippen molar-refractivity contribution < 1.29 is 0 Å². The van der Waals surface area contributed by atoms with Crippen LogP contribution >= 0.6 is 51.1 Å². The number of hydrogen-bond acceptors (Lipinski definition) is 4. The van der Waals surface area contributed by atoms with E-state index >= 15 is 0 Å². The molecule has 0 aliphatic carbocycles. The largest absolute Gasteiger partial charge is 0.250 e. The van der Waals surface area contributed by atoms with Gasteiger partial charge in [0.25, 0.3) is 0 Å². The molecule has 0 bridgehead atoms. The number of aromatic amines is 1. The van der Waals surface area contributed by atoms with Crippen LogP contribution in [0.1, 0.15) is 4.88 Å². The number of hydrogen-bond donors (Lipinski definition) is 1. The molecule has 0 aliphatic rings. The number of halogens is 2. The summed E-state index contributed by atoms with van der Waals surface area (Å²) in [5.74, 6) is 0.620. The Labute approximate surface area is 143 Å². The Morgan fingerprint density at radius 3 is 2.95 bits per heavy atom. The number of benzene rings is 1. The summed E-state index contributed by atoms with van der Waals surface area (Å²) in [6, 6.07) is 11.3. The van der Waals surface area contributed by atoms with Crippen molar-refractivity contribution in [3.63, 3.8) is 0 Å². The second-order valence-corrected chi connectivity index (χ2v) is 7.38. The smallest absolute Gasteiger partial charge is 0.216 e. The Kier molecular flexibility index (Phi) is 4.34. The highest BCUT2D eigenvalue weighted by Gasteiger charge is 2.08. The first-order valence-electron chi connectivity index (χ1n) is 5.86. The molecule has 1 N–H and O–H groups in total. The third kappa shape index (κ3) is 3.32. The number of nitrogens with one attached hydrogen (secondary N) is 1. The molecule has 2 heterocycles. The van der Waals surface area contributed by atoms with Crippen molar-refractivity contribution in [3.8, 4) is 11.4 Å². The fraction of sp³-hybridized carbons (Fsp3) is 0. The van der Waals surface area contributed by atoms with Crippen LogP contribution in [-0.2, 0) is 0 Å². The summed E-state index contributed by atoms with van der Waals surface area (Å²) < 4.78 is 3.06. The lowest BCUT2D eigenvalue weighted by Gasteiger charge is -2.00. The molecule has 0 radical (unpaired) electrons. The van der Waals surface area contributed by atoms with Crippen LogP contribution in [0.3, 0.4) is 0 Å². The number of nitrogens with zero attached hydrogens (tertiary/aromatic N) is 3. The summed E-state index contributed by atoms with van der Waals surface area (Å²) in [5, 5.41) is 12.0. The van der Waals surface area contributed by atoms with Crippen LogP contribution in [0.2, 0.25) is 5.02 Å². The lowest BCUT2D eigenvalue weighted by Crippen LogP contribution is -1.94. The summed E-state index contributed by atoms with van der Waals surface area (Å²) in [6.07, 6.45) is 1.74. The van der Waals surface area contributed by atoms with Gasteiger partial charge in [0.15, 0.2) is 5.82 Å². The molecule has 0 atom stereocenters. The molecule has 0 amide bonds. The third-order valence-electron chi connectivity index (χ3n) is 2.63. The lowest BCUT2D eigenvalue weighted by atomic mass is 10.2. The molecule has 1 aromatic carbocycles. The SMILES string of the molecule is S=c1[nH]nc(-c2cccc(Cl)c2)n1/N=C/c1ccc(Br)s1. The Morgan fingerprint density at radius 2 is 2.24 bits per heavy atom. The van der Waals surface area contributed by atoms with Crippen molar-refractivity contribution in [2.24, 2.45) is 5.10 Å². The fourth-order valence-corrected chi connectivity index (χ4v) is 3.39. The Balaban J connectivity index is 2.01. The maximum absolute atomic E-state index is 6.01. The molecule has 0 spiro atoms. The van der Waals surface area contributed by atoms with Gasteiger partial charge in [0, 0.05) is 15.5 Å². The molecule has 0 unspecified atom stereocenters. The molecular formula is C13H8BrClN4S2. The van der Waals surface area contributed by atoms with Crippen molar-refractivity contribution >= 4 is 57.3 Å². The van der Waals surface area contributed by atoms with E-state index < -0.39 is 0 Å². The number of thiophene rings is 1. The maximum atomic E-state index is 6.01. The lowest BCUT2D eigenvalue weighted by molar-refractivity contribution is 0.872. The van der Waals surface area contributed by atoms with Gasteiger partial charge in [-0.3, -0.25) is 0 Å². The van der Waals surface area contributed by atoms with E-state index in [1.807, 2.05) is 36.4 Å². The molecule has 3 rings (SSSR count). The number of aromatic nitrogens is 3. The van der Waals surface area contributed by atoms with Crippen molar-refractivity contribution in [3.05, 3.63) is 54.9 Å². The minimum absolute atomic E-state index is 0.428. The summed E-state index contributed by atoms with van der Waals surface area (Å²) in [6.45, 7) is 0. The van der Waals surface area contributed by atoms with Gasteiger partial charge in [-0.15, -0.1) is 11.3 Å². The van der Waals surface area contributed by atoms with Crippen LogP contribution in [0, 0.1) is 4.77 Å². The third-order valence-corrected chi connectivity index (χ3v) is 4.69. The van der Waals surface area contributed by atoms with Crippen molar-refractivity contribution in [1.82, 2.24) is 14.9 Å². The topological polar surface area (TPSA) is 46.0 Å². The highest BCUT2D eigenvalue weighted by atomic mass is 79.9. The first-order chi connectivity index (χ1) is 10.1.